The molecule has 0 radical (unpaired) electrons. The number of hydrazone groups is 1. The average Bonchev–Trinajstić information content (AvgIpc) is 2.77. The maximum atomic E-state index is 12.5. The molecule has 0 aliphatic rings. The molecule has 3 N–H and O–H groups in total. The molecule has 2 aromatic carbocycles. The minimum Gasteiger partial charge on any atom is -0.493 e. The molecule has 0 aliphatic carbocycles. The lowest BCUT2D eigenvalue weighted by Crippen LogP contribution is -2.20. The second kappa shape index (κ2) is 12.4. The number of primary amides is 1. The van der Waals surface area contributed by atoms with E-state index in [-0.39, 0.29) is 23.1 Å². The Labute approximate surface area is 191 Å². The highest BCUT2D eigenvalue weighted by Crippen LogP contribution is 2.36. The minimum atomic E-state index is -0.645. The van der Waals surface area contributed by atoms with Gasteiger partial charge < -0.3 is 24.7 Å². The summed E-state index contributed by atoms with van der Waals surface area (Å²) in [6, 6.07) is 8.05. The summed E-state index contributed by atoms with van der Waals surface area (Å²) >= 11 is 6.20. The van der Waals surface area contributed by atoms with Crippen LogP contribution in [0.1, 0.15) is 36.2 Å². The normalized spacial score (nSPS) is 10.6. The summed E-state index contributed by atoms with van der Waals surface area (Å²) in [5.74, 6) is 0.464. The molecule has 0 aromatic heterocycles. The van der Waals surface area contributed by atoms with Crippen molar-refractivity contribution < 1.29 is 28.5 Å². The molecule has 0 aliphatic heterocycles. The van der Waals surface area contributed by atoms with Crippen LogP contribution in [-0.2, 0) is 4.79 Å². The van der Waals surface area contributed by atoms with Gasteiger partial charge in [-0.15, -0.1) is 0 Å². The Hall–Kier alpha value is -3.46. The number of ether oxygens (including phenoxy) is 4. The molecule has 0 saturated heterocycles. The molecule has 0 spiro atoms. The van der Waals surface area contributed by atoms with Gasteiger partial charge in [0.25, 0.3) is 11.8 Å². The smallest absolute Gasteiger partial charge is 0.271 e. The second-order valence-corrected chi connectivity index (χ2v) is 6.84. The zero-order chi connectivity index (χ0) is 23.5. The summed E-state index contributed by atoms with van der Waals surface area (Å²) in [6.07, 6.45) is 2.25. The van der Waals surface area contributed by atoms with Crippen LogP contribution in [0.4, 0.5) is 0 Å². The summed E-state index contributed by atoms with van der Waals surface area (Å²) in [4.78, 5) is 23.4. The fourth-order valence-corrected chi connectivity index (χ4v) is 2.85. The van der Waals surface area contributed by atoms with Gasteiger partial charge in [0.05, 0.1) is 31.6 Å². The molecule has 0 atom stereocenters. The lowest BCUT2D eigenvalue weighted by Gasteiger charge is -2.12. The van der Waals surface area contributed by atoms with Crippen LogP contribution in [0.3, 0.4) is 0 Å². The zero-order valence-corrected chi connectivity index (χ0v) is 18.9. The van der Waals surface area contributed by atoms with E-state index in [1.807, 2.05) is 13.8 Å². The number of halogens is 1. The number of carbonyl (C=O) groups is 2. The van der Waals surface area contributed by atoms with Crippen LogP contribution in [0.15, 0.2) is 35.4 Å². The van der Waals surface area contributed by atoms with Crippen LogP contribution in [0.2, 0.25) is 5.02 Å². The van der Waals surface area contributed by atoms with Gasteiger partial charge in [0.2, 0.25) is 0 Å². The molecule has 2 amide bonds. The number of nitrogens with two attached hydrogens (primary N) is 1. The molecule has 9 nitrogen and oxygen atoms in total. The first-order chi connectivity index (χ1) is 15.4. The van der Waals surface area contributed by atoms with Gasteiger partial charge in [0.1, 0.15) is 0 Å². The quantitative estimate of drug-likeness (QED) is 0.368. The lowest BCUT2D eigenvalue weighted by molar-refractivity contribution is -0.119. The predicted molar refractivity (Wildman–Crippen MR) is 121 cm³/mol. The van der Waals surface area contributed by atoms with Crippen molar-refractivity contribution in [2.75, 3.05) is 26.9 Å². The maximum Gasteiger partial charge on any atom is 0.271 e. The molecule has 0 unspecified atom stereocenters. The third-order valence-electron chi connectivity index (χ3n) is 3.96. The molecule has 0 heterocycles. The second-order valence-electron chi connectivity index (χ2n) is 6.43. The van der Waals surface area contributed by atoms with Gasteiger partial charge in [-0.25, -0.2) is 5.43 Å². The Morgan fingerprint density at radius 1 is 1.09 bits per heavy atom. The van der Waals surface area contributed by atoms with Gasteiger partial charge in [-0.1, -0.05) is 18.5 Å². The molecule has 172 valence electrons. The van der Waals surface area contributed by atoms with Gasteiger partial charge in [-0.2, -0.15) is 5.10 Å². The van der Waals surface area contributed by atoms with Gasteiger partial charge in [-0.3, -0.25) is 9.59 Å². The first kappa shape index (κ1) is 24.8. The van der Waals surface area contributed by atoms with Crippen LogP contribution in [-0.4, -0.2) is 45.0 Å². The molecule has 2 rings (SSSR count). The van der Waals surface area contributed by atoms with Gasteiger partial charge in [-0.05, 0) is 49.2 Å². The van der Waals surface area contributed by atoms with Crippen molar-refractivity contribution in [3.63, 3.8) is 0 Å². The van der Waals surface area contributed by atoms with E-state index in [4.69, 9.17) is 36.3 Å². The van der Waals surface area contributed by atoms with Crippen LogP contribution < -0.4 is 30.1 Å². The fourth-order valence-electron chi connectivity index (χ4n) is 2.58. The summed E-state index contributed by atoms with van der Waals surface area (Å²) in [7, 11) is 1.43. The maximum absolute atomic E-state index is 12.5. The van der Waals surface area contributed by atoms with E-state index in [2.05, 4.69) is 10.5 Å². The molecule has 0 fully saturated rings. The van der Waals surface area contributed by atoms with Crippen molar-refractivity contribution in [3.8, 4) is 23.0 Å². The largest absolute Gasteiger partial charge is 0.493 e. The van der Waals surface area contributed by atoms with E-state index in [0.717, 1.165) is 6.42 Å². The van der Waals surface area contributed by atoms with Crippen LogP contribution in [0, 0.1) is 0 Å². The molecule has 2 aromatic rings. The van der Waals surface area contributed by atoms with E-state index < -0.39 is 11.8 Å². The number of nitrogens with one attached hydrogen (secondary N) is 1. The predicted octanol–water partition coefficient (Wildman–Crippen LogP) is 3.16. The summed E-state index contributed by atoms with van der Waals surface area (Å²) in [5.41, 5.74) is 8.43. The highest BCUT2D eigenvalue weighted by atomic mass is 35.5. The number of amides is 2. The van der Waals surface area contributed by atoms with Crippen LogP contribution >= 0.6 is 11.6 Å². The monoisotopic (exact) mass is 463 g/mol. The van der Waals surface area contributed by atoms with E-state index in [0.29, 0.717) is 35.8 Å². The zero-order valence-electron chi connectivity index (χ0n) is 18.1. The summed E-state index contributed by atoms with van der Waals surface area (Å²) < 4.78 is 21.7. The number of carbonyl (C=O) groups excluding carboxylic acids is 2. The molecule has 32 heavy (non-hydrogen) atoms. The van der Waals surface area contributed by atoms with Crippen molar-refractivity contribution in [3.05, 3.63) is 46.5 Å². The lowest BCUT2D eigenvalue weighted by atomic mass is 10.2. The Kier molecular flexibility index (Phi) is 9.62. The van der Waals surface area contributed by atoms with E-state index in [9.17, 15) is 9.59 Å². The summed E-state index contributed by atoms with van der Waals surface area (Å²) in [6.45, 7) is 4.50. The molecule has 10 heteroatoms. The number of hydrogen-bond acceptors (Lipinski definition) is 7. The average molecular weight is 464 g/mol. The summed E-state index contributed by atoms with van der Waals surface area (Å²) in [5, 5.41) is 4.16. The Bertz CT molecular complexity index is 980. The first-order valence-electron chi connectivity index (χ1n) is 9.91. The van der Waals surface area contributed by atoms with Crippen molar-refractivity contribution in [2.45, 2.75) is 20.3 Å². The number of benzene rings is 2. The van der Waals surface area contributed by atoms with Crippen LogP contribution in [0.5, 0.6) is 23.0 Å². The highest BCUT2D eigenvalue weighted by Gasteiger charge is 2.14. The minimum absolute atomic E-state index is 0.183. The van der Waals surface area contributed by atoms with Crippen LogP contribution in [0.25, 0.3) is 0 Å². The number of methoxy groups -OCH3 is 1. The third-order valence-corrected chi connectivity index (χ3v) is 4.24. The number of nitrogens with zero attached hydrogens (tertiary/aromatic N) is 1. The van der Waals surface area contributed by atoms with Crippen molar-refractivity contribution in [1.29, 1.82) is 0 Å². The topological polar surface area (TPSA) is 121 Å². The first-order valence-corrected chi connectivity index (χ1v) is 10.3. The van der Waals surface area contributed by atoms with Crippen molar-refractivity contribution in [2.24, 2.45) is 10.8 Å². The Balaban J connectivity index is 2.12. The molecule has 0 bridgehead atoms. The standard InChI is InChI=1S/C22H26ClN3O6/c1-4-8-31-17-7-6-15(11-18(17)30-5-2)22(28)26-25-12-14-9-16(23)21(19(10-14)29-3)32-13-20(24)27/h6-7,9-12H,4-5,8,13H2,1-3H3,(H2,24,27)(H,26,28)/b25-12+. The molecular formula is C22H26ClN3O6. The molecule has 0 saturated carbocycles. The van der Waals surface area contributed by atoms with Gasteiger partial charge in [0, 0.05) is 5.56 Å². The van der Waals surface area contributed by atoms with E-state index in [1.54, 1.807) is 30.3 Å². The third kappa shape index (κ3) is 7.05. The van der Waals surface area contributed by atoms with E-state index in [1.165, 1.54) is 13.3 Å². The van der Waals surface area contributed by atoms with Gasteiger partial charge >= 0.3 is 0 Å². The number of hydrogen-bond donors (Lipinski definition) is 2. The van der Waals surface area contributed by atoms with Crippen molar-refractivity contribution >= 4 is 29.6 Å². The van der Waals surface area contributed by atoms with E-state index >= 15 is 0 Å². The van der Waals surface area contributed by atoms with Gasteiger partial charge in [0.15, 0.2) is 29.6 Å². The Morgan fingerprint density at radius 2 is 1.88 bits per heavy atom. The van der Waals surface area contributed by atoms with Crippen molar-refractivity contribution in [1.82, 2.24) is 5.43 Å². The SMILES string of the molecule is CCCOc1ccc(C(=O)N/N=C/c2cc(Cl)c(OCC(N)=O)c(OC)c2)cc1OCC. The highest BCUT2D eigenvalue weighted by molar-refractivity contribution is 6.32. The fraction of sp³-hybridized carbons (Fsp3) is 0.318. The number of rotatable bonds is 12. The Morgan fingerprint density at radius 3 is 2.53 bits per heavy atom. The molecular weight excluding hydrogens is 438 g/mol.